The van der Waals surface area contributed by atoms with Crippen molar-refractivity contribution < 1.29 is 9.84 Å². The topological polar surface area (TPSA) is 32.7 Å². The summed E-state index contributed by atoms with van der Waals surface area (Å²) < 4.78 is 5.33. The number of ether oxygens (including phenoxy) is 1. The van der Waals surface area contributed by atoms with Crippen LogP contribution in [0.3, 0.4) is 0 Å². The summed E-state index contributed by atoms with van der Waals surface area (Å²) in [7, 11) is 1.63. The molecule has 0 radical (unpaired) electrons. The van der Waals surface area contributed by atoms with Gasteiger partial charge in [-0.05, 0) is 13.0 Å². The fourth-order valence-corrected chi connectivity index (χ4v) is 2.93. The number of β-amino-alcohol motifs (C(OH)–C–C–N with tert-alkyl or cyclic N) is 1. The molecule has 0 aromatic carbocycles. The molecule has 1 aliphatic heterocycles. The zero-order chi connectivity index (χ0) is 11.3. The predicted octanol–water partition coefficient (Wildman–Crippen LogP) is 1.21. The van der Waals surface area contributed by atoms with Crippen molar-refractivity contribution in [1.82, 2.24) is 4.90 Å². The molecule has 0 aliphatic carbocycles. The van der Waals surface area contributed by atoms with Gasteiger partial charge in [0, 0.05) is 30.7 Å². The van der Waals surface area contributed by atoms with E-state index in [1.807, 2.05) is 11.8 Å². The molecule has 1 heterocycles. The third kappa shape index (κ3) is 5.20. The Balaban J connectivity index is 2.31. The minimum Gasteiger partial charge on any atom is -0.389 e. The van der Waals surface area contributed by atoms with Crippen LogP contribution in [0.5, 0.6) is 0 Å². The van der Waals surface area contributed by atoms with E-state index in [0.717, 1.165) is 25.4 Å². The lowest BCUT2D eigenvalue weighted by Crippen LogP contribution is -2.36. The first kappa shape index (κ1) is 13.3. The van der Waals surface area contributed by atoms with Gasteiger partial charge in [-0.1, -0.05) is 13.8 Å². The summed E-state index contributed by atoms with van der Waals surface area (Å²) in [4.78, 5) is 2.34. The van der Waals surface area contributed by atoms with Crippen LogP contribution >= 0.6 is 11.8 Å². The standard InChI is InChI=1S/C11H23NO2S/c1-11(2)4-5-12(6-7-15-11)8-10(13)9-14-3/h10,13H,4-9H2,1-3H3. The molecule has 1 fully saturated rings. The van der Waals surface area contributed by atoms with Gasteiger partial charge >= 0.3 is 0 Å². The summed E-state index contributed by atoms with van der Waals surface area (Å²) in [6.07, 6.45) is 0.846. The summed E-state index contributed by atoms with van der Waals surface area (Å²) in [5.74, 6) is 1.16. The number of aliphatic hydroxyl groups excluding tert-OH is 1. The van der Waals surface area contributed by atoms with E-state index in [1.165, 1.54) is 6.42 Å². The molecule has 0 aromatic heterocycles. The maximum absolute atomic E-state index is 9.65. The maximum atomic E-state index is 9.65. The second kappa shape index (κ2) is 6.09. The van der Waals surface area contributed by atoms with Gasteiger partial charge in [0.2, 0.25) is 0 Å². The van der Waals surface area contributed by atoms with E-state index in [0.29, 0.717) is 11.4 Å². The van der Waals surface area contributed by atoms with Crippen LogP contribution in [-0.2, 0) is 4.74 Å². The third-order valence-electron chi connectivity index (χ3n) is 2.76. The van der Waals surface area contributed by atoms with Gasteiger partial charge < -0.3 is 9.84 Å². The van der Waals surface area contributed by atoms with Crippen molar-refractivity contribution in [2.24, 2.45) is 0 Å². The fourth-order valence-electron chi connectivity index (χ4n) is 1.79. The first-order valence-electron chi connectivity index (χ1n) is 5.57. The molecular formula is C11H23NO2S. The molecule has 0 bridgehead atoms. The van der Waals surface area contributed by atoms with Crippen LogP contribution in [0.25, 0.3) is 0 Å². The highest BCUT2D eigenvalue weighted by Crippen LogP contribution is 2.30. The number of aliphatic hydroxyl groups is 1. The zero-order valence-electron chi connectivity index (χ0n) is 10.0. The number of nitrogens with zero attached hydrogens (tertiary/aromatic N) is 1. The highest BCUT2D eigenvalue weighted by molar-refractivity contribution is 8.00. The molecule has 1 rings (SSSR count). The van der Waals surface area contributed by atoms with E-state index in [9.17, 15) is 5.11 Å². The Morgan fingerprint density at radius 3 is 2.87 bits per heavy atom. The van der Waals surface area contributed by atoms with E-state index in [1.54, 1.807) is 7.11 Å². The largest absolute Gasteiger partial charge is 0.389 e. The summed E-state index contributed by atoms with van der Waals surface area (Å²) in [5.41, 5.74) is 0. The normalized spacial score (nSPS) is 24.8. The predicted molar refractivity (Wildman–Crippen MR) is 65.5 cm³/mol. The van der Waals surface area contributed by atoms with Crippen molar-refractivity contribution in [3.63, 3.8) is 0 Å². The molecule has 1 atom stereocenters. The zero-order valence-corrected chi connectivity index (χ0v) is 10.8. The molecule has 1 aliphatic rings. The van der Waals surface area contributed by atoms with Crippen LogP contribution in [0.1, 0.15) is 20.3 Å². The second-order valence-electron chi connectivity index (χ2n) is 4.77. The number of thioether (sulfide) groups is 1. The second-order valence-corrected chi connectivity index (χ2v) is 6.57. The van der Waals surface area contributed by atoms with E-state index in [2.05, 4.69) is 18.7 Å². The van der Waals surface area contributed by atoms with Gasteiger partial charge in [0.25, 0.3) is 0 Å². The van der Waals surface area contributed by atoms with Gasteiger partial charge in [-0.2, -0.15) is 11.8 Å². The van der Waals surface area contributed by atoms with Crippen LogP contribution in [0, 0.1) is 0 Å². The lowest BCUT2D eigenvalue weighted by molar-refractivity contribution is 0.0389. The highest BCUT2D eigenvalue weighted by Gasteiger charge is 2.24. The molecule has 15 heavy (non-hydrogen) atoms. The van der Waals surface area contributed by atoms with Crippen molar-refractivity contribution in [1.29, 1.82) is 0 Å². The van der Waals surface area contributed by atoms with Gasteiger partial charge in [0.15, 0.2) is 0 Å². The number of methoxy groups -OCH3 is 1. The number of rotatable bonds is 4. The summed E-state index contributed by atoms with van der Waals surface area (Å²) in [5, 5.41) is 9.65. The monoisotopic (exact) mass is 233 g/mol. The first-order valence-corrected chi connectivity index (χ1v) is 6.55. The Kier molecular flexibility index (Phi) is 5.39. The van der Waals surface area contributed by atoms with E-state index in [-0.39, 0.29) is 6.10 Å². The molecule has 0 spiro atoms. The molecule has 3 nitrogen and oxygen atoms in total. The van der Waals surface area contributed by atoms with Crippen molar-refractivity contribution in [2.45, 2.75) is 31.1 Å². The SMILES string of the molecule is COCC(O)CN1CCSC(C)(C)CC1. The highest BCUT2D eigenvalue weighted by atomic mass is 32.2. The Labute approximate surface area is 97.2 Å². The molecule has 1 unspecified atom stereocenters. The molecule has 4 heteroatoms. The van der Waals surface area contributed by atoms with Gasteiger partial charge in [-0.15, -0.1) is 0 Å². The molecule has 90 valence electrons. The van der Waals surface area contributed by atoms with Crippen LogP contribution in [0.4, 0.5) is 0 Å². The Morgan fingerprint density at radius 1 is 1.47 bits per heavy atom. The van der Waals surface area contributed by atoms with Crippen LogP contribution < -0.4 is 0 Å². The molecule has 1 N–H and O–H groups in total. The van der Waals surface area contributed by atoms with Crippen molar-refractivity contribution in [2.75, 3.05) is 39.1 Å². The molecule has 1 saturated heterocycles. The van der Waals surface area contributed by atoms with Gasteiger partial charge in [0.05, 0.1) is 12.7 Å². The molecular weight excluding hydrogens is 210 g/mol. The van der Waals surface area contributed by atoms with Crippen molar-refractivity contribution in [3.8, 4) is 0 Å². The smallest absolute Gasteiger partial charge is 0.0900 e. The van der Waals surface area contributed by atoms with Crippen LogP contribution in [-0.4, -0.2) is 60.0 Å². The van der Waals surface area contributed by atoms with Gasteiger partial charge in [-0.3, -0.25) is 4.90 Å². The van der Waals surface area contributed by atoms with Crippen LogP contribution in [0.2, 0.25) is 0 Å². The lowest BCUT2D eigenvalue weighted by Gasteiger charge is -2.24. The number of hydrogen-bond donors (Lipinski definition) is 1. The van der Waals surface area contributed by atoms with Gasteiger partial charge in [0.1, 0.15) is 0 Å². The maximum Gasteiger partial charge on any atom is 0.0900 e. The Morgan fingerprint density at radius 2 is 2.20 bits per heavy atom. The van der Waals surface area contributed by atoms with Gasteiger partial charge in [-0.25, -0.2) is 0 Å². The van der Waals surface area contributed by atoms with Crippen LogP contribution in [0.15, 0.2) is 0 Å². The number of hydrogen-bond acceptors (Lipinski definition) is 4. The Bertz CT molecular complexity index is 187. The lowest BCUT2D eigenvalue weighted by atomic mass is 10.1. The summed E-state index contributed by atoms with van der Waals surface area (Å²) in [6, 6.07) is 0. The Hall–Kier alpha value is 0.230. The molecule has 0 amide bonds. The average molecular weight is 233 g/mol. The van der Waals surface area contributed by atoms with Crippen molar-refractivity contribution >= 4 is 11.8 Å². The average Bonchev–Trinajstić information content (AvgIpc) is 2.28. The third-order valence-corrected chi connectivity index (χ3v) is 4.13. The van der Waals surface area contributed by atoms with E-state index in [4.69, 9.17) is 4.74 Å². The molecule has 0 aromatic rings. The molecule has 0 saturated carbocycles. The summed E-state index contributed by atoms with van der Waals surface area (Å²) >= 11 is 2.03. The minimum atomic E-state index is -0.346. The van der Waals surface area contributed by atoms with E-state index < -0.39 is 0 Å². The summed E-state index contributed by atoms with van der Waals surface area (Å²) in [6.45, 7) is 7.94. The fraction of sp³-hybridized carbons (Fsp3) is 1.00. The first-order chi connectivity index (χ1) is 7.03. The van der Waals surface area contributed by atoms with E-state index >= 15 is 0 Å². The van der Waals surface area contributed by atoms with Crippen molar-refractivity contribution in [3.05, 3.63) is 0 Å². The minimum absolute atomic E-state index is 0.346. The quantitative estimate of drug-likeness (QED) is 0.791.